The number of anilines is 6. The highest BCUT2D eigenvalue weighted by atomic mass is 31.1. The molecule has 0 atom stereocenters. The van der Waals surface area contributed by atoms with E-state index in [0.717, 1.165) is 104 Å². The Balaban J connectivity index is 0.904. The molecule has 1 aromatic heterocycles. The number of aliphatic imine (C=N–C) groups is 1. The Labute approximate surface area is 540 Å². The molecule has 92 heavy (non-hydrogen) atoms. The van der Waals surface area contributed by atoms with Gasteiger partial charge in [0, 0.05) is 61.9 Å². The van der Waals surface area contributed by atoms with E-state index < -0.39 is 0 Å². The summed E-state index contributed by atoms with van der Waals surface area (Å²) in [6, 6.07) is 116. The van der Waals surface area contributed by atoms with E-state index in [-0.39, 0.29) is 6.71 Å². The third kappa shape index (κ3) is 9.92. The molecular weight excluding hydrogens is 1130 g/mol. The van der Waals surface area contributed by atoms with Crippen LogP contribution in [-0.4, -0.2) is 23.3 Å². The van der Waals surface area contributed by atoms with Crippen LogP contribution < -0.4 is 26.2 Å². The summed E-state index contributed by atoms with van der Waals surface area (Å²) in [5, 5.41) is 3.32. The van der Waals surface area contributed by atoms with E-state index in [2.05, 4.69) is 350 Å². The molecule has 0 radical (unpaired) electrons. The molecule has 14 aromatic rings. The molecule has 6 heteroatoms. The Morgan fingerprint density at radius 2 is 0.750 bits per heavy atom. The smallest absolute Gasteiger partial charge is 0.252 e. The zero-order valence-corrected chi connectivity index (χ0v) is 52.1. The van der Waals surface area contributed by atoms with Crippen molar-refractivity contribution in [3.63, 3.8) is 0 Å². The van der Waals surface area contributed by atoms with Gasteiger partial charge in [-0.05, 0) is 181 Å². The highest BCUT2D eigenvalue weighted by Crippen LogP contribution is 2.48. The van der Waals surface area contributed by atoms with Crippen molar-refractivity contribution < 1.29 is 0 Å². The summed E-state index contributed by atoms with van der Waals surface area (Å²) >= 11 is 0. The van der Waals surface area contributed by atoms with E-state index in [1.807, 2.05) is 6.07 Å². The zero-order chi connectivity index (χ0) is 61.8. The molecule has 2 aliphatic heterocycles. The normalized spacial score (nSPS) is 12.8. The number of allylic oxidation sites excluding steroid dienone is 2. The van der Waals surface area contributed by atoms with Crippen LogP contribution in [0.2, 0.25) is 0 Å². The fourth-order valence-electron chi connectivity index (χ4n) is 13.9. The zero-order valence-electron chi connectivity index (χ0n) is 51.2. The molecular formula is C86H62BN4P. The number of nitrogens with zero attached hydrogens (tertiary/aromatic N) is 4. The van der Waals surface area contributed by atoms with Crippen LogP contribution in [-0.2, 0) is 0 Å². The van der Waals surface area contributed by atoms with Gasteiger partial charge in [0.2, 0.25) is 0 Å². The maximum Gasteiger partial charge on any atom is 0.252 e. The van der Waals surface area contributed by atoms with Crippen LogP contribution >= 0.6 is 8.20 Å². The molecule has 0 aliphatic carbocycles. The van der Waals surface area contributed by atoms with E-state index in [0.29, 0.717) is 0 Å². The largest absolute Gasteiger partial charge is 0.311 e. The minimum atomic E-state index is -0.127. The van der Waals surface area contributed by atoms with E-state index >= 15 is 0 Å². The molecule has 434 valence electrons. The van der Waals surface area contributed by atoms with Crippen LogP contribution in [0.3, 0.4) is 0 Å². The van der Waals surface area contributed by atoms with Crippen molar-refractivity contribution in [3.05, 3.63) is 344 Å². The predicted octanol–water partition coefficient (Wildman–Crippen LogP) is 21.3. The summed E-state index contributed by atoms with van der Waals surface area (Å²) in [5.74, 6) is 0. The molecule has 16 rings (SSSR count). The third-order valence-corrected chi connectivity index (χ3v) is 19.3. The van der Waals surface area contributed by atoms with Crippen LogP contribution in [0.5, 0.6) is 0 Å². The molecule has 2 aliphatic rings. The summed E-state index contributed by atoms with van der Waals surface area (Å²) in [4.78, 5) is 10.4. The Bertz CT molecular complexity index is 5030. The lowest BCUT2D eigenvalue weighted by Crippen LogP contribution is -2.61. The first-order valence-electron chi connectivity index (χ1n) is 31.4. The van der Waals surface area contributed by atoms with Crippen molar-refractivity contribution in [3.8, 4) is 61.3 Å². The number of para-hydroxylation sites is 1. The van der Waals surface area contributed by atoms with Crippen LogP contribution in [0.15, 0.2) is 338 Å². The lowest BCUT2D eigenvalue weighted by Gasteiger charge is -2.44. The molecule has 0 saturated carbocycles. The summed E-state index contributed by atoms with van der Waals surface area (Å²) in [5.41, 5.74) is 30.6. The lowest BCUT2D eigenvalue weighted by molar-refractivity contribution is 1.18. The van der Waals surface area contributed by atoms with E-state index in [1.54, 1.807) is 0 Å². The first-order chi connectivity index (χ1) is 45.3. The number of hydrogen-bond acceptors (Lipinski definition) is 3. The Hall–Kier alpha value is -11.4. The quantitative estimate of drug-likeness (QED) is 0.0497. The molecule has 0 unspecified atom stereocenters. The van der Waals surface area contributed by atoms with Crippen molar-refractivity contribution in [2.45, 2.75) is 13.8 Å². The standard InChI is InChI=1S/C86H62BN4P/c1-57(59(3)92-4)86(67-30-18-9-19-31-67)88-58(2)60-34-43-72(44-35-60)89-79-33-21-20-32-75(79)76-52-68(40-49-80(76)89)71-55-83-85-84(56-71)91(74-47-38-66(39-48-74)62-24-12-6-13-25-62)82-51-42-70(64-28-16-8-17-29-64)54-78(82)87(85)77-53-69(63-26-14-7-15-27-63)41-50-81(77)90(83)73-45-36-65(37-46-73)61-22-10-5-11-23-61/h5-56H,3-4H2,1-2H3/b86-57-,88-58?. The number of rotatable bonds is 13. The molecule has 0 saturated heterocycles. The van der Waals surface area contributed by atoms with Gasteiger partial charge in [-0.3, -0.25) is 4.99 Å². The topological polar surface area (TPSA) is 23.8 Å². The average Bonchev–Trinajstić information content (AvgIpc) is 0.802. The van der Waals surface area contributed by atoms with Gasteiger partial charge in [-0.25, -0.2) is 0 Å². The Morgan fingerprint density at radius 3 is 1.25 bits per heavy atom. The Kier molecular flexibility index (Phi) is 14.3. The SMILES string of the molecule is C=PC(=C)/C(C)=C(\N=C(C)c1ccc(-n2c3ccccc3c3cc(-c4cc5c6c(c4)N(c4ccc(-c7ccccc7)cc4)c4ccc(-c7ccccc7)cc4B6c4cc(-c6ccccc6)ccc4N5c4ccc(-c5ccccc5)cc4)ccc32)cc1)c1ccccc1. The van der Waals surface area contributed by atoms with Gasteiger partial charge in [0.05, 0.1) is 16.7 Å². The first-order valence-corrected chi connectivity index (χ1v) is 32.5. The van der Waals surface area contributed by atoms with Gasteiger partial charge in [-0.2, -0.15) is 0 Å². The second kappa shape index (κ2) is 23.5. The molecule has 0 spiro atoms. The number of fused-ring (bicyclic) bond motifs is 7. The molecule has 13 aromatic carbocycles. The van der Waals surface area contributed by atoms with Crippen molar-refractivity contribution in [2.75, 3.05) is 9.80 Å². The van der Waals surface area contributed by atoms with Gasteiger partial charge in [-0.1, -0.05) is 258 Å². The van der Waals surface area contributed by atoms with E-state index in [1.165, 1.54) is 71.7 Å². The minimum absolute atomic E-state index is 0.127. The fourth-order valence-corrected chi connectivity index (χ4v) is 14.3. The average molecular weight is 1190 g/mol. The molecule has 4 nitrogen and oxygen atoms in total. The minimum Gasteiger partial charge on any atom is -0.311 e. The first kappa shape index (κ1) is 55.9. The second-order valence-corrected chi connectivity index (χ2v) is 24.8. The summed E-state index contributed by atoms with van der Waals surface area (Å²) in [6.07, 6.45) is 4.11. The van der Waals surface area contributed by atoms with Crippen molar-refractivity contribution >= 4 is 105 Å². The van der Waals surface area contributed by atoms with Gasteiger partial charge in [-0.15, -0.1) is 0 Å². The van der Waals surface area contributed by atoms with Crippen molar-refractivity contribution in [1.29, 1.82) is 0 Å². The van der Waals surface area contributed by atoms with Gasteiger partial charge < -0.3 is 14.4 Å². The van der Waals surface area contributed by atoms with Crippen molar-refractivity contribution in [2.24, 2.45) is 4.99 Å². The van der Waals surface area contributed by atoms with Crippen LogP contribution in [0, 0.1) is 0 Å². The number of benzene rings is 13. The maximum atomic E-state index is 5.28. The van der Waals surface area contributed by atoms with Gasteiger partial charge >= 0.3 is 0 Å². The highest BCUT2D eigenvalue weighted by Gasteiger charge is 2.44. The third-order valence-electron chi connectivity index (χ3n) is 18.6. The summed E-state index contributed by atoms with van der Waals surface area (Å²) < 4.78 is 2.41. The molecule has 0 amide bonds. The predicted molar refractivity (Wildman–Crippen MR) is 396 cm³/mol. The molecule has 3 heterocycles. The number of aromatic nitrogens is 1. The van der Waals surface area contributed by atoms with Crippen LogP contribution in [0.4, 0.5) is 34.1 Å². The van der Waals surface area contributed by atoms with Crippen LogP contribution in [0.1, 0.15) is 25.0 Å². The summed E-state index contributed by atoms with van der Waals surface area (Å²) in [6.45, 7) is 8.38. The van der Waals surface area contributed by atoms with E-state index in [9.17, 15) is 0 Å². The van der Waals surface area contributed by atoms with Crippen LogP contribution in [0.25, 0.3) is 88.8 Å². The van der Waals surface area contributed by atoms with Gasteiger partial charge in [0.15, 0.2) is 0 Å². The van der Waals surface area contributed by atoms with E-state index in [4.69, 9.17) is 4.99 Å². The van der Waals surface area contributed by atoms with Gasteiger partial charge in [0.25, 0.3) is 6.71 Å². The molecule has 0 N–H and O–H groups in total. The fraction of sp³-hybridized carbons (Fsp3) is 0.0233. The van der Waals surface area contributed by atoms with Gasteiger partial charge in [0.1, 0.15) is 0 Å². The monoisotopic (exact) mass is 1190 g/mol. The highest BCUT2D eigenvalue weighted by molar-refractivity contribution is 7.42. The maximum absolute atomic E-state index is 5.28. The molecule has 0 fully saturated rings. The number of hydrogen-bond donors (Lipinski definition) is 0. The Morgan fingerprint density at radius 1 is 0.348 bits per heavy atom. The second-order valence-electron chi connectivity index (χ2n) is 23.9. The van der Waals surface area contributed by atoms with Crippen molar-refractivity contribution in [1.82, 2.24) is 4.57 Å². The summed E-state index contributed by atoms with van der Waals surface area (Å²) in [7, 11) is 0.878. The lowest BCUT2D eigenvalue weighted by atomic mass is 9.33. The molecule has 0 bridgehead atoms.